The first-order valence-corrected chi connectivity index (χ1v) is 5.93. The molecule has 1 aromatic carbocycles. The molecular formula is C13H15N3O3. The summed E-state index contributed by atoms with van der Waals surface area (Å²) in [4.78, 5) is 10.1. The van der Waals surface area contributed by atoms with Crippen LogP contribution in [0.2, 0.25) is 0 Å². The number of hydrogen-bond acceptors (Lipinski definition) is 5. The van der Waals surface area contributed by atoms with Gasteiger partial charge in [-0.1, -0.05) is 17.3 Å². The van der Waals surface area contributed by atoms with E-state index in [1.165, 1.54) is 12.1 Å². The standard InChI is InChI=1S/C13H15N3O3/c1-9-13(10(2)19-15-9)8-14-7-11-3-5-12(6-4-11)16(17)18/h3-6,14H,7-8H2,1-2H3. The van der Waals surface area contributed by atoms with Crippen molar-refractivity contribution in [3.8, 4) is 0 Å². The van der Waals surface area contributed by atoms with Crippen molar-refractivity contribution in [3.05, 3.63) is 57.0 Å². The second-order valence-electron chi connectivity index (χ2n) is 4.33. The molecule has 2 aromatic rings. The number of hydrogen-bond donors (Lipinski definition) is 1. The largest absolute Gasteiger partial charge is 0.361 e. The van der Waals surface area contributed by atoms with Gasteiger partial charge >= 0.3 is 0 Å². The van der Waals surface area contributed by atoms with Gasteiger partial charge in [0.1, 0.15) is 5.76 Å². The van der Waals surface area contributed by atoms with E-state index in [1.807, 2.05) is 13.8 Å². The number of non-ortho nitro benzene ring substituents is 1. The minimum Gasteiger partial charge on any atom is -0.361 e. The molecule has 1 heterocycles. The molecule has 0 aliphatic heterocycles. The average Bonchev–Trinajstić information content (AvgIpc) is 2.71. The number of nitrogens with zero attached hydrogens (tertiary/aromatic N) is 2. The molecule has 0 amide bonds. The lowest BCUT2D eigenvalue weighted by Gasteiger charge is -2.04. The van der Waals surface area contributed by atoms with Gasteiger partial charge in [0.2, 0.25) is 0 Å². The molecule has 0 saturated carbocycles. The molecule has 0 aliphatic rings. The lowest BCUT2D eigenvalue weighted by Crippen LogP contribution is -2.13. The maximum atomic E-state index is 10.5. The normalized spacial score (nSPS) is 10.6. The van der Waals surface area contributed by atoms with E-state index in [0.29, 0.717) is 13.1 Å². The van der Waals surface area contributed by atoms with Gasteiger partial charge < -0.3 is 9.84 Å². The summed E-state index contributed by atoms with van der Waals surface area (Å²) in [5.41, 5.74) is 3.04. The van der Waals surface area contributed by atoms with Crippen LogP contribution in [0.5, 0.6) is 0 Å². The van der Waals surface area contributed by atoms with Crippen LogP contribution in [0.4, 0.5) is 5.69 Å². The number of aryl methyl sites for hydroxylation is 2. The van der Waals surface area contributed by atoms with Crippen LogP contribution in [-0.4, -0.2) is 10.1 Å². The molecule has 100 valence electrons. The van der Waals surface area contributed by atoms with Crippen LogP contribution in [-0.2, 0) is 13.1 Å². The average molecular weight is 261 g/mol. The highest BCUT2D eigenvalue weighted by Crippen LogP contribution is 2.13. The maximum Gasteiger partial charge on any atom is 0.269 e. The van der Waals surface area contributed by atoms with Gasteiger partial charge in [-0.25, -0.2) is 0 Å². The van der Waals surface area contributed by atoms with Crippen LogP contribution in [0, 0.1) is 24.0 Å². The second kappa shape index (κ2) is 5.62. The Morgan fingerprint density at radius 2 is 1.95 bits per heavy atom. The molecule has 0 atom stereocenters. The van der Waals surface area contributed by atoms with E-state index in [0.717, 1.165) is 22.6 Å². The van der Waals surface area contributed by atoms with E-state index < -0.39 is 4.92 Å². The Labute approximate surface area is 110 Å². The molecule has 0 spiro atoms. The van der Waals surface area contributed by atoms with Gasteiger partial charge in [-0.3, -0.25) is 10.1 Å². The molecule has 1 aromatic heterocycles. The predicted molar refractivity (Wildman–Crippen MR) is 69.6 cm³/mol. The Hall–Kier alpha value is -2.21. The van der Waals surface area contributed by atoms with Crippen molar-refractivity contribution < 1.29 is 9.45 Å². The Morgan fingerprint density at radius 1 is 1.26 bits per heavy atom. The highest BCUT2D eigenvalue weighted by atomic mass is 16.6. The van der Waals surface area contributed by atoms with Crippen LogP contribution in [0.25, 0.3) is 0 Å². The number of rotatable bonds is 5. The molecule has 2 rings (SSSR count). The molecule has 6 nitrogen and oxygen atoms in total. The SMILES string of the molecule is Cc1noc(C)c1CNCc1ccc([N+](=O)[O-])cc1. The van der Waals surface area contributed by atoms with Crippen molar-refractivity contribution in [3.63, 3.8) is 0 Å². The smallest absolute Gasteiger partial charge is 0.269 e. The second-order valence-corrected chi connectivity index (χ2v) is 4.33. The van der Waals surface area contributed by atoms with E-state index in [-0.39, 0.29) is 5.69 Å². The summed E-state index contributed by atoms with van der Waals surface area (Å²) < 4.78 is 5.08. The van der Waals surface area contributed by atoms with Gasteiger partial charge in [0.25, 0.3) is 5.69 Å². The van der Waals surface area contributed by atoms with Crippen molar-refractivity contribution in [2.45, 2.75) is 26.9 Å². The van der Waals surface area contributed by atoms with E-state index in [4.69, 9.17) is 4.52 Å². The highest BCUT2D eigenvalue weighted by Gasteiger charge is 2.08. The molecule has 19 heavy (non-hydrogen) atoms. The zero-order valence-corrected chi connectivity index (χ0v) is 10.8. The summed E-state index contributed by atoms with van der Waals surface area (Å²) in [7, 11) is 0. The van der Waals surface area contributed by atoms with Crippen LogP contribution < -0.4 is 5.32 Å². The fourth-order valence-electron chi connectivity index (χ4n) is 1.82. The van der Waals surface area contributed by atoms with Crippen LogP contribution in [0.3, 0.4) is 0 Å². The first-order chi connectivity index (χ1) is 9.08. The first kappa shape index (κ1) is 13.2. The molecule has 0 aliphatic carbocycles. The van der Waals surface area contributed by atoms with Crippen LogP contribution in [0.1, 0.15) is 22.6 Å². The molecular weight excluding hydrogens is 246 g/mol. The van der Waals surface area contributed by atoms with Crippen molar-refractivity contribution in [1.29, 1.82) is 0 Å². The fourth-order valence-corrected chi connectivity index (χ4v) is 1.82. The monoisotopic (exact) mass is 261 g/mol. The van der Waals surface area contributed by atoms with Crippen molar-refractivity contribution in [1.82, 2.24) is 10.5 Å². The predicted octanol–water partition coefficient (Wildman–Crippen LogP) is 2.49. The Morgan fingerprint density at radius 3 is 2.47 bits per heavy atom. The van der Waals surface area contributed by atoms with Gasteiger partial charge in [0.05, 0.1) is 10.6 Å². The van der Waals surface area contributed by atoms with Crippen LogP contribution >= 0.6 is 0 Å². The molecule has 0 fully saturated rings. The number of benzene rings is 1. The maximum absolute atomic E-state index is 10.5. The molecule has 1 N–H and O–H groups in total. The van der Waals surface area contributed by atoms with E-state index in [2.05, 4.69) is 10.5 Å². The summed E-state index contributed by atoms with van der Waals surface area (Å²) in [6.45, 7) is 5.09. The summed E-state index contributed by atoms with van der Waals surface area (Å²) in [5.74, 6) is 0.814. The molecule has 6 heteroatoms. The zero-order chi connectivity index (χ0) is 13.8. The molecule has 0 bridgehead atoms. The highest BCUT2D eigenvalue weighted by molar-refractivity contribution is 5.32. The van der Waals surface area contributed by atoms with Gasteiger partial charge in [-0.2, -0.15) is 0 Å². The lowest BCUT2D eigenvalue weighted by molar-refractivity contribution is -0.384. The molecule has 0 saturated heterocycles. The van der Waals surface area contributed by atoms with Crippen molar-refractivity contribution in [2.75, 3.05) is 0 Å². The number of aromatic nitrogens is 1. The fraction of sp³-hybridized carbons (Fsp3) is 0.308. The molecule has 0 radical (unpaired) electrons. The topological polar surface area (TPSA) is 81.2 Å². The Balaban J connectivity index is 1.91. The summed E-state index contributed by atoms with van der Waals surface area (Å²) in [6.07, 6.45) is 0. The van der Waals surface area contributed by atoms with E-state index >= 15 is 0 Å². The van der Waals surface area contributed by atoms with Crippen molar-refractivity contribution in [2.24, 2.45) is 0 Å². The minimum absolute atomic E-state index is 0.106. The first-order valence-electron chi connectivity index (χ1n) is 5.93. The lowest BCUT2D eigenvalue weighted by atomic mass is 10.2. The number of nitro groups is 1. The third kappa shape index (κ3) is 3.17. The molecule has 0 unspecified atom stereocenters. The van der Waals surface area contributed by atoms with E-state index in [1.54, 1.807) is 12.1 Å². The van der Waals surface area contributed by atoms with Gasteiger partial charge in [-0.05, 0) is 19.4 Å². The number of nitrogens with one attached hydrogen (secondary N) is 1. The minimum atomic E-state index is -0.402. The zero-order valence-electron chi connectivity index (χ0n) is 10.8. The van der Waals surface area contributed by atoms with E-state index in [9.17, 15) is 10.1 Å². The van der Waals surface area contributed by atoms with Gasteiger partial charge in [0.15, 0.2) is 0 Å². The van der Waals surface area contributed by atoms with Gasteiger partial charge in [0, 0.05) is 30.8 Å². The Kier molecular flexibility index (Phi) is 3.91. The van der Waals surface area contributed by atoms with Gasteiger partial charge in [-0.15, -0.1) is 0 Å². The summed E-state index contributed by atoms with van der Waals surface area (Å²) in [6, 6.07) is 6.51. The third-order valence-corrected chi connectivity index (χ3v) is 2.96. The number of nitro benzene ring substituents is 1. The van der Waals surface area contributed by atoms with Crippen molar-refractivity contribution >= 4 is 5.69 Å². The summed E-state index contributed by atoms with van der Waals surface area (Å²) >= 11 is 0. The quantitative estimate of drug-likeness (QED) is 0.660. The van der Waals surface area contributed by atoms with Crippen LogP contribution in [0.15, 0.2) is 28.8 Å². The Bertz CT molecular complexity index is 556. The third-order valence-electron chi connectivity index (χ3n) is 2.96. The summed E-state index contributed by atoms with van der Waals surface area (Å²) in [5, 5.41) is 17.7.